The van der Waals surface area contributed by atoms with Crippen LogP contribution in [0, 0.1) is 0 Å². The van der Waals surface area contributed by atoms with Gasteiger partial charge in [0.05, 0.1) is 0 Å². The average Bonchev–Trinajstić information content (AvgIpc) is 2.50. The molecule has 0 spiro atoms. The summed E-state index contributed by atoms with van der Waals surface area (Å²) in [5, 5.41) is 17.0. The molecule has 23 heavy (non-hydrogen) atoms. The first-order chi connectivity index (χ1) is 10.8. The van der Waals surface area contributed by atoms with E-state index in [-0.39, 0.29) is 52.8 Å². The summed E-state index contributed by atoms with van der Waals surface area (Å²) >= 11 is 0. The van der Waals surface area contributed by atoms with Crippen LogP contribution in [-0.4, -0.2) is 24.0 Å². The van der Waals surface area contributed by atoms with Gasteiger partial charge in [0.1, 0.15) is 0 Å². The third kappa shape index (κ3) is 25.9. The normalized spacial score (nSPS) is 10.6. The molecule has 2 N–H and O–H groups in total. The molecule has 0 heterocycles. The SMILES string of the molecule is CCCCCCCCCCCCCCCCCCOB(O)O.[H-].[K+]. The summed E-state index contributed by atoms with van der Waals surface area (Å²) in [6.07, 6.45) is 21.5. The van der Waals surface area contributed by atoms with Crippen molar-refractivity contribution in [2.24, 2.45) is 0 Å². The third-order valence-electron chi connectivity index (χ3n) is 4.26. The maximum atomic E-state index is 8.51. The van der Waals surface area contributed by atoms with Crippen molar-refractivity contribution in [3.8, 4) is 0 Å². The minimum Gasteiger partial charge on any atom is -1.00 e. The van der Waals surface area contributed by atoms with Gasteiger partial charge in [0.15, 0.2) is 0 Å². The predicted octanol–water partition coefficient (Wildman–Crippen LogP) is 2.35. The summed E-state index contributed by atoms with van der Waals surface area (Å²) < 4.78 is 4.67. The topological polar surface area (TPSA) is 49.7 Å². The number of hydrogen-bond donors (Lipinski definition) is 2. The zero-order valence-electron chi connectivity index (χ0n) is 16.9. The summed E-state index contributed by atoms with van der Waals surface area (Å²) in [6.45, 7) is 2.73. The van der Waals surface area contributed by atoms with Crippen LogP contribution in [0.2, 0.25) is 0 Å². The summed E-state index contributed by atoms with van der Waals surface area (Å²) in [7, 11) is -1.60. The number of rotatable bonds is 18. The van der Waals surface area contributed by atoms with Gasteiger partial charge in [-0.1, -0.05) is 103 Å². The van der Waals surface area contributed by atoms with E-state index in [1.807, 2.05) is 0 Å². The Kier molecular flexibility index (Phi) is 27.5. The second-order valence-electron chi connectivity index (χ2n) is 6.50. The predicted molar refractivity (Wildman–Crippen MR) is 96.8 cm³/mol. The van der Waals surface area contributed by atoms with Crippen molar-refractivity contribution < 1.29 is 67.5 Å². The standard InChI is InChI=1S/C18H39BO3.K.H/c1-2-3-4-5-6-7-8-9-10-11-12-13-14-15-16-17-18-22-19(20)21;;/h20-21H,2-18H2,1H3;;/q;+1;-1. The molecule has 0 aromatic heterocycles. The molecule has 0 aliphatic heterocycles. The van der Waals surface area contributed by atoms with E-state index >= 15 is 0 Å². The van der Waals surface area contributed by atoms with Gasteiger partial charge in [-0.2, -0.15) is 0 Å². The zero-order valence-corrected chi connectivity index (χ0v) is 19.0. The van der Waals surface area contributed by atoms with Crippen LogP contribution in [0.4, 0.5) is 0 Å². The minimum atomic E-state index is -1.60. The van der Waals surface area contributed by atoms with Crippen molar-refractivity contribution in [1.82, 2.24) is 0 Å². The molecular formula is C18H40BKO3. The summed E-state index contributed by atoms with van der Waals surface area (Å²) in [4.78, 5) is 0. The first kappa shape index (κ1) is 26.8. The van der Waals surface area contributed by atoms with Gasteiger partial charge in [0.2, 0.25) is 0 Å². The van der Waals surface area contributed by atoms with Crippen molar-refractivity contribution in [3.63, 3.8) is 0 Å². The molecule has 0 aromatic rings. The molecule has 0 unspecified atom stereocenters. The Morgan fingerprint density at radius 1 is 0.609 bits per heavy atom. The molecule has 0 fully saturated rings. The molecule has 0 saturated carbocycles. The molecule has 0 atom stereocenters. The Morgan fingerprint density at radius 3 is 1.22 bits per heavy atom. The van der Waals surface area contributed by atoms with E-state index in [0.29, 0.717) is 6.61 Å². The van der Waals surface area contributed by atoms with Crippen LogP contribution in [0.1, 0.15) is 111 Å². The quantitative estimate of drug-likeness (QED) is 0.293. The minimum absolute atomic E-state index is 0. The molecule has 0 aliphatic carbocycles. The fourth-order valence-corrected chi connectivity index (χ4v) is 2.84. The Hall–Kier alpha value is 1.58. The van der Waals surface area contributed by atoms with E-state index in [2.05, 4.69) is 11.6 Å². The zero-order chi connectivity index (χ0) is 16.3. The van der Waals surface area contributed by atoms with Crippen LogP contribution >= 0.6 is 0 Å². The smallest absolute Gasteiger partial charge is 1.00 e. The van der Waals surface area contributed by atoms with Crippen molar-refractivity contribution >= 4 is 7.32 Å². The van der Waals surface area contributed by atoms with Crippen molar-refractivity contribution in [2.75, 3.05) is 6.61 Å². The fraction of sp³-hybridized carbons (Fsp3) is 1.00. The average molecular weight is 354 g/mol. The summed E-state index contributed by atoms with van der Waals surface area (Å²) in [5.74, 6) is 0. The van der Waals surface area contributed by atoms with Crippen LogP contribution in [0.25, 0.3) is 0 Å². The van der Waals surface area contributed by atoms with Crippen molar-refractivity contribution in [3.05, 3.63) is 0 Å². The molecule has 3 nitrogen and oxygen atoms in total. The van der Waals surface area contributed by atoms with Gasteiger partial charge in [0, 0.05) is 6.61 Å². The first-order valence-electron chi connectivity index (χ1n) is 9.75. The third-order valence-corrected chi connectivity index (χ3v) is 4.26. The van der Waals surface area contributed by atoms with Gasteiger partial charge in [-0.15, -0.1) is 0 Å². The second kappa shape index (κ2) is 23.6. The molecule has 0 aromatic carbocycles. The van der Waals surface area contributed by atoms with Gasteiger partial charge < -0.3 is 16.1 Å². The van der Waals surface area contributed by atoms with Crippen molar-refractivity contribution in [1.29, 1.82) is 0 Å². The molecule has 0 rings (SSSR count). The van der Waals surface area contributed by atoms with Gasteiger partial charge in [0.25, 0.3) is 0 Å². The largest absolute Gasteiger partial charge is 1.00 e. The maximum Gasteiger partial charge on any atom is 1.00 e. The Bertz CT molecular complexity index is 213. The Balaban J connectivity index is -0.00000220. The Labute approximate surface area is 189 Å². The molecule has 0 bridgehead atoms. The summed E-state index contributed by atoms with van der Waals surface area (Å²) in [6, 6.07) is 0. The van der Waals surface area contributed by atoms with Gasteiger partial charge in [-0.25, -0.2) is 0 Å². The molecule has 0 aliphatic rings. The monoisotopic (exact) mass is 354 g/mol. The molecule has 0 radical (unpaired) electrons. The van der Waals surface area contributed by atoms with E-state index in [1.165, 1.54) is 89.9 Å². The van der Waals surface area contributed by atoms with Crippen molar-refractivity contribution in [2.45, 2.75) is 110 Å². The van der Waals surface area contributed by atoms with E-state index in [4.69, 9.17) is 10.0 Å². The van der Waals surface area contributed by atoms with Crippen LogP contribution in [0.5, 0.6) is 0 Å². The molecule has 0 saturated heterocycles. The van der Waals surface area contributed by atoms with E-state index < -0.39 is 7.32 Å². The summed E-state index contributed by atoms with van der Waals surface area (Å²) in [5.41, 5.74) is 0. The molecule has 5 heteroatoms. The van der Waals surface area contributed by atoms with Gasteiger partial charge in [-0.3, -0.25) is 0 Å². The van der Waals surface area contributed by atoms with Crippen LogP contribution in [0.3, 0.4) is 0 Å². The molecule has 134 valence electrons. The van der Waals surface area contributed by atoms with E-state index in [1.54, 1.807) is 0 Å². The van der Waals surface area contributed by atoms with E-state index in [9.17, 15) is 0 Å². The van der Waals surface area contributed by atoms with Crippen LogP contribution in [-0.2, 0) is 4.65 Å². The maximum absolute atomic E-state index is 8.51. The first-order valence-corrected chi connectivity index (χ1v) is 9.75. The number of unbranched alkanes of at least 4 members (excludes halogenated alkanes) is 15. The van der Waals surface area contributed by atoms with E-state index in [0.717, 1.165) is 12.8 Å². The molecule has 0 amide bonds. The van der Waals surface area contributed by atoms with Crippen LogP contribution in [0.15, 0.2) is 0 Å². The van der Waals surface area contributed by atoms with Gasteiger partial charge in [-0.05, 0) is 6.42 Å². The Morgan fingerprint density at radius 2 is 0.913 bits per heavy atom. The molecular weight excluding hydrogens is 314 g/mol. The second-order valence-corrected chi connectivity index (χ2v) is 6.50. The fourth-order valence-electron chi connectivity index (χ4n) is 2.84. The number of hydrogen-bond acceptors (Lipinski definition) is 3. The van der Waals surface area contributed by atoms with Crippen LogP contribution < -0.4 is 51.4 Å². The van der Waals surface area contributed by atoms with Gasteiger partial charge >= 0.3 is 58.7 Å².